The average molecular weight is 192 g/mol. The van der Waals surface area contributed by atoms with Crippen molar-refractivity contribution >= 4 is 17.2 Å². The maximum Gasteiger partial charge on any atom is 0.350 e. The van der Waals surface area contributed by atoms with Gasteiger partial charge in [0.2, 0.25) is 5.65 Å². The first-order valence-electron chi connectivity index (χ1n) is 3.98. The largest absolute Gasteiger partial charge is 0.396 e. The van der Waals surface area contributed by atoms with Crippen molar-refractivity contribution < 1.29 is 4.92 Å². The molecule has 2 N–H and O–H groups in total. The molecule has 2 rings (SSSR count). The highest BCUT2D eigenvalue weighted by molar-refractivity contribution is 5.53. The highest BCUT2D eigenvalue weighted by Gasteiger charge is 2.18. The summed E-state index contributed by atoms with van der Waals surface area (Å²) in [6.07, 6.45) is 1.49. The van der Waals surface area contributed by atoms with Crippen molar-refractivity contribution in [1.29, 1.82) is 0 Å². The molecule has 6 nitrogen and oxygen atoms in total. The number of aryl methyl sites for hydroxylation is 1. The van der Waals surface area contributed by atoms with Crippen LogP contribution in [-0.4, -0.2) is 14.3 Å². The zero-order valence-electron chi connectivity index (χ0n) is 7.47. The number of fused-ring (bicyclic) bond motifs is 1. The first-order valence-corrected chi connectivity index (χ1v) is 3.98. The standard InChI is InChI=1S/C8H8N4O2/c1-5-8(12(13)14)11-4-6(9)2-3-7(11)10-5/h2-4H,9H2,1H3. The van der Waals surface area contributed by atoms with E-state index in [0.29, 0.717) is 17.0 Å². The van der Waals surface area contributed by atoms with Crippen LogP contribution in [-0.2, 0) is 0 Å². The molecular weight excluding hydrogens is 184 g/mol. The van der Waals surface area contributed by atoms with Crippen LogP contribution in [0, 0.1) is 17.0 Å². The summed E-state index contributed by atoms with van der Waals surface area (Å²) in [5.41, 5.74) is 6.92. The van der Waals surface area contributed by atoms with Gasteiger partial charge in [0.25, 0.3) is 0 Å². The van der Waals surface area contributed by atoms with Crippen molar-refractivity contribution in [2.75, 3.05) is 5.73 Å². The molecule has 0 unspecified atom stereocenters. The van der Waals surface area contributed by atoms with Gasteiger partial charge < -0.3 is 15.8 Å². The van der Waals surface area contributed by atoms with Gasteiger partial charge in [-0.2, -0.15) is 4.40 Å². The van der Waals surface area contributed by atoms with E-state index < -0.39 is 4.92 Å². The summed E-state index contributed by atoms with van der Waals surface area (Å²) in [5.74, 6) is -0.0349. The van der Waals surface area contributed by atoms with Crippen LogP contribution in [0.25, 0.3) is 5.65 Å². The normalized spacial score (nSPS) is 10.6. The summed E-state index contributed by atoms with van der Waals surface area (Å²) in [4.78, 5) is 14.3. The fourth-order valence-electron chi connectivity index (χ4n) is 1.39. The number of nitrogens with zero attached hydrogens (tertiary/aromatic N) is 3. The van der Waals surface area contributed by atoms with E-state index in [1.807, 2.05) is 0 Å². The molecule has 0 amide bonds. The Labute approximate surface area is 79.1 Å². The third-order valence-corrected chi connectivity index (χ3v) is 1.96. The molecule has 2 aromatic heterocycles. The summed E-state index contributed by atoms with van der Waals surface area (Å²) in [6.45, 7) is 1.60. The Morgan fingerprint density at radius 2 is 2.29 bits per heavy atom. The minimum Gasteiger partial charge on any atom is -0.396 e. The average Bonchev–Trinajstić information content (AvgIpc) is 2.40. The van der Waals surface area contributed by atoms with Gasteiger partial charge >= 0.3 is 5.82 Å². The van der Waals surface area contributed by atoms with Crippen LogP contribution >= 0.6 is 0 Å². The molecule has 0 aliphatic carbocycles. The maximum absolute atomic E-state index is 10.7. The second kappa shape index (κ2) is 2.69. The zero-order valence-corrected chi connectivity index (χ0v) is 7.47. The molecule has 0 aliphatic rings. The molecule has 0 radical (unpaired) electrons. The van der Waals surface area contributed by atoms with Crippen molar-refractivity contribution in [3.63, 3.8) is 0 Å². The molecule has 0 atom stereocenters. The molecule has 6 heteroatoms. The summed E-state index contributed by atoms with van der Waals surface area (Å²) in [7, 11) is 0. The third-order valence-electron chi connectivity index (χ3n) is 1.96. The van der Waals surface area contributed by atoms with Gasteiger partial charge in [-0.15, -0.1) is 0 Å². The summed E-state index contributed by atoms with van der Waals surface area (Å²) in [6, 6.07) is 3.31. The van der Waals surface area contributed by atoms with Crippen molar-refractivity contribution in [3.8, 4) is 0 Å². The van der Waals surface area contributed by atoms with E-state index in [4.69, 9.17) is 5.73 Å². The fraction of sp³-hybridized carbons (Fsp3) is 0.125. The fourth-order valence-corrected chi connectivity index (χ4v) is 1.39. The molecule has 14 heavy (non-hydrogen) atoms. The maximum atomic E-state index is 10.7. The first kappa shape index (κ1) is 8.49. The number of nitro groups is 1. The lowest BCUT2D eigenvalue weighted by Gasteiger charge is -1.94. The lowest BCUT2D eigenvalue weighted by atomic mass is 10.4. The predicted octanol–water partition coefficient (Wildman–Crippen LogP) is 1.13. The highest BCUT2D eigenvalue weighted by Crippen LogP contribution is 2.20. The van der Waals surface area contributed by atoms with Crippen LogP contribution in [0.3, 0.4) is 0 Å². The van der Waals surface area contributed by atoms with Crippen LogP contribution < -0.4 is 5.73 Å². The number of nitrogen functional groups attached to an aromatic ring is 1. The second-order valence-electron chi connectivity index (χ2n) is 2.97. The quantitative estimate of drug-likeness (QED) is 0.542. The van der Waals surface area contributed by atoms with Crippen molar-refractivity contribution in [1.82, 2.24) is 9.38 Å². The van der Waals surface area contributed by atoms with Gasteiger partial charge in [-0.3, -0.25) is 0 Å². The van der Waals surface area contributed by atoms with Crippen LogP contribution in [0.5, 0.6) is 0 Å². The number of anilines is 1. The van der Waals surface area contributed by atoms with Crippen molar-refractivity contribution in [3.05, 3.63) is 34.1 Å². The van der Waals surface area contributed by atoms with E-state index >= 15 is 0 Å². The number of imidazole rings is 1. The SMILES string of the molecule is Cc1nc2ccc(N)cn2c1[N+](=O)[O-]. The zero-order chi connectivity index (χ0) is 10.3. The Bertz CT molecular complexity index is 517. The molecular formula is C8H8N4O2. The number of hydrogen-bond donors (Lipinski definition) is 1. The van der Waals surface area contributed by atoms with Gasteiger partial charge in [0, 0.05) is 6.07 Å². The summed E-state index contributed by atoms with van der Waals surface area (Å²) >= 11 is 0. The monoisotopic (exact) mass is 192 g/mol. The second-order valence-corrected chi connectivity index (χ2v) is 2.97. The predicted molar refractivity (Wildman–Crippen MR) is 51.0 cm³/mol. The molecule has 2 heterocycles. The van der Waals surface area contributed by atoms with Crippen molar-refractivity contribution in [2.45, 2.75) is 6.92 Å². The minimum atomic E-state index is -0.464. The van der Waals surface area contributed by atoms with Crippen LogP contribution in [0.1, 0.15) is 5.69 Å². The molecule has 0 bridgehead atoms. The number of hydrogen-bond acceptors (Lipinski definition) is 4. The van der Waals surface area contributed by atoms with Gasteiger partial charge in [0.1, 0.15) is 11.9 Å². The first-order chi connectivity index (χ1) is 6.59. The van der Waals surface area contributed by atoms with Gasteiger partial charge in [-0.05, 0) is 17.9 Å². The summed E-state index contributed by atoms with van der Waals surface area (Å²) in [5, 5.41) is 10.7. The molecule has 0 fully saturated rings. The molecule has 0 aromatic carbocycles. The Kier molecular flexibility index (Phi) is 1.63. The topological polar surface area (TPSA) is 86.5 Å². The Morgan fingerprint density at radius 3 is 2.93 bits per heavy atom. The van der Waals surface area contributed by atoms with E-state index in [9.17, 15) is 10.1 Å². The minimum absolute atomic E-state index is 0.0349. The lowest BCUT2D eigenvalue weighted by Crippen LogP contribution is -1.96. The molecule has 0 spiro atoms. The molecule has 0 aliphatic heterocycles. The molecule has 2 aromatic rings. The summed E-state index contributed by atoms with van der Waals surface area (Å²) < 4.78 is 1.38. The van der Waals surface area contributed by atoms with Gasteiger partial charge in [-0.1, -0.05) is 0 Å². The van der Waals surface area contributed by atoms with E-state index in [0.717, 1.165) is 0 Å². The number of nitrogens with two attached hydrogens (primary N) is 1. The number of rotatable bonds is 1. The van der Waals surface area contributed by atoms with Crippen LogP contribution in [0.2, 0.25) is 0 Å². The Balaban J connectivity index is 2.86. The van der Waals surface area contributed by atoms with Crippen LogP contribution in [0.4, 0.5) is 11.5 Å². The van der Waals surface area contributed by atoms with Crippen molar-refractivity contribution in [2.24, 2.45) is 0 Å². The van der Waals surface area contributed by atoms with E-state index in [1.165, 1.54) is 10.6 Å². The Hall–Kier alpha value is -2.11. The molecule has 0 saturated carbocycles. The van der Waals surface area contributed by atoms with Crippen LogP contribution in [0.15, 0.2) is 18.3 Å². The molecule has 72 valence electrons. The highest BCUT2D eigenvalue weighted by atomic mass is 16.6. The van der Waals surface area contributed by atoms with E-state index in [-0.39, 0.29) is 5.82 Å². The lowest BCUT2D eigenvalue weighted by molar-refractivity contribution is -0.390. The smallest absolute Gasteiger partial charge is 0.350 e. The number of aromatic nitrogens is 2. The number of pyridine rings is 1. The van der Waals surface area contributed by atoms with E-state index in [1.54, 1.807) is 19.1 Å². The molecule has 0 saturated heterocycles. The van der Waals surface area contributed by atoms with Gasteiger partial charge in [0.05, 0.1) is 5.69 Å². The Morgan fingerprint density at radius 1 is 1.57 bits per heavy atom. The third kappa shape index (κ3) is 1.08. The van der Waals surface area contributed by atoms with E-state index in [2.05, 4.69) is 4.98 Å². The van der Waals surface area contributed by atoms with Gasteiger partial charge in [-0.25, -0.2) is 4.98 Å². The van der Waals surface area contributed by atoms with Gasteiger partial charge in [0.15, 0.2) is 0 Å².